The van der Waals surface area contributed by atoms with E-state index in [9.17, 15) is 15.3 Å². The van der Waals surface area contributed by atoms with Crippen molar-refractivity contribution in [2.75, 3.05) is 6.54 Å². The second-order valence-electron chi connectivity index (χ2n) is 5.24. The summed E-state index contributed by atoms with van der Waals surface area (Å²) >= 11 is 0. The van der Waals surface area contributed by atoms with Crippen molar-refractivity contribution in [1.82, 2.24) is 5.32 Å². The van der Waals surface area contributed by atoms with E-state index in [1.54, 1.807) is 18.2 Å². The number of rotatable bonds is 4. The van der Waals surface area contributed by atoms with E-state index in [1.165, 1.54) is 0 Å². The SMILES string of the molecule is CC(NCC1(O)CCCC1)c1c(O)cccc1O. The Morgan fingerprint density at radius 1 is 1.22 bits per heavy atom. The van der Waals surface area contributed by atoms with E-state index in [2.05, 4.69) is 5.32 Å². The third kappa shape index (κ3) is 2.76. The fourth-order valence-electron chi connectivity index (χ4n) is 2.64. The first-order chi connectivity index (χ1) is 8.52. The minimum Gasteiger partial charge on any atom is -0.507 e. The van der Waals surface area contributed by atoms with Crippen LogP contribution in [0.5, 0.6) is 11.5 Å². The van der Waals surface area contributed by atoms with Crippen molar-refractivity contribution in [3.8, 4) is 11.5 Å². The Morgan fingerprint density at radius 3 is 2.33 bits per heavy atom. The molecule has 0 aliphatic heterocycles. The maximum Gasteiger partial charge on any atom is 0.124 e. The molecule has 1 aromatic rings. The lowest BCUT2D eigenvalue weighted by atomic mass is 10.0. The third-order valence-corrected chi connectivity index (χ3v) is 3.76. The molecule has 2 rings (SSSR count). The van der Waals surface area contributed by atoms with Crippen molar-refractivity contribution in [2.24, 2.45) is 0 Å². The van der Waals surface area contributed by atoms with Crippen LogP contribution in [0.25, 0.3) is 0 Å². The predicted octanol–water partition coefficient (Wildman–Crippen LogP) is 2.05. The highest BCUT2D eigenvalue weighted by Crippen LogP contribution is 2.33. The van der Waals surface area contributed by atoms with Gasteiger partial charge in [0.05, 0.1) is 11.2 Å². The quantitative estimate of drug-likeness (QED) is 0.661. The van der Waals surface area contributed by atoms with E-state index in [1.807, 2.05) is 6.92 Å². The molecule has 0 spiro atoms. The van der Waals surface area contributed by atoms with Crippen LogP contribution in [0, 0.1) is 0 Å². The van der Waals surface area contributed by atoms with E-state index in [0.29, 0.717) is 12.1 Å². The summed E-state index contributed by atoms with van der Waals surface area (Å²) in [5.74, 6) is 0.154. The van der Waals surface area contributed by atoms with Gasteiger partial charge in [-0.05, 0) is 31.9 Å². The average Bonchev–Trinajstić information content (AvgIpc) is 2.74. The summed E-state index contributed by atoms with van der Waals surface area (Å²) in [5, 5.41) is 32.9. The lowest BCUT2D eigenvalue weighted by Gasteiger charge is -2.25. The Morgan fingerprint density at radius 2 is 1.78 bits per heavy atom. The maximum atomic E-state index is 10.2. The molecule has 0 aromatic heterocycles. The van der Waals surface area contributed by atoms with Gasteiger partial charge in [0.1, 0.15) is 11.5 Å². The van der Waals surface area contributed by atoms with Gasteiger partial charge in [0.15, 0.2) is 0 Å². The monoisotopic (exact) mass is 251 g/mol. The van der Waals surface area contributed by atoms with Crippen molar-refractivity contribution < 1.29 is 15.3 Å². The Bertz CT molecular complexity index is 393. The van der Waals surface area contributed by atoms with Gasteiger partial charge in [-0.2, -0.15) is 0 Å². The van der Waals surface area contributed by atoms with E-state index >= 15 is 0 Å². The van der Waals surface area contributed by atoms with Gasteiger partial charge >= 0.3 is 0 Å². The van der Waals surface area contributed by atoms with Gasteiger partial charge in [0, 0.05) is 12.6 Å². The van der Waals surface area contributed by atoms with Crippen LogP contribution in [0.1, 0.15) is 44.2 Å². The van der Waals surface area contributed by atoms with E-state index < -0.39 is 5.60 Å². The number of hydrogen-bond acceptors (Lipinski definition) is 4. The number of nitrogens with one attached hydrogen (secondary N) is 1. The molecule has 0 bridgehead atoms. The molecule has 4 N–H and O–H groups in total. The molecule has 1 aliphatic rings. The topological polar surface area (TPSA) is 72.7 Å². The summed E-state index contributed by atoms with van der Waals surface area (Å²) < 4.78 is 0. The summed E-state index contributed by atoms with van der Waals surface area (Å²) in [7, 11) is 0. The standard InChI is InChI=1S/C14H21NO3/c1-10(13-11(16)5-4-6-12(13)17)15-9-14(18)7-2-3-8-14/h4-6,10,15-18H,2-3,7-9H2,1H3. The Balaban J connectivity index is 2.01. The summed E-state index contributed by atoms with van der Waals surface area (Å²) in [5.41, 5.74) is -0.145. The van der Waals surface area contributed by atoms with Crippen LogP contribution in [0.4, 0.5) is 0 Å². The van der Waals surface area contributed by atoms with Crippen molar-refractivity contribution in [2.45, 2.75) is 44.2 Å². The van der Waals surface area contributed by atoms with Crippen molar-refractivity contribution in [1.29, 1.82) is 0 Å². The molecule has 0 heterocycles. The minimum atomic E-state index is -0.631. The second-order valence-corrected chi connectivity index (χ2v) is 5.24. The number of aliphatic hydroxyl groups is 1. The largest absolute Gasteiger partial charge is 0.507 e. The minimum absolute atomic E-state index is 0.0772. The molecule has 100 valence electrons. The average molecular weight is 251 g/mol. The van der Waals surface area contributed by atoms with Crippen LogP contribution in [0.3, 0.4) is 0 Å². The first kappa shape index (κ1) is 13.2. The van der Waals surface area contributed by atoms with Crippen LogP contribution < -0.4 is 5.32 Å². The fraction of sp³-hybridized carbons (Fsp3) is 0.571. The Kier molecular flexibility index (Phi) is 3.78. The first-order valence-electron chi connectivity index (χ1n) is 6.48. The molecule has 0 amide bonds. The molecule has 1 aliphatic carbocycles. The van der Waals surface area contributed by atoms with Crippen LogP contribution >= 0.6 is 0 Å². The van der Waals surface area contributed by atoms with Gasteiger partial charge < -0.3 is 20.6 Å². The zero-order chi connectivity index (χ0) is 13.2. The van der Waals surface area contributed by atoms with Crippen LogP contribution in [0.15, 0.2) is 18.2 Å². The molecule has 1 aromatic carbocycles. The lowest BCUT2D eigenvalue weighted by molar-refractivity contribution is 0.0452. The highest BCUT2D eigenvalue weighted by atomic mass is 16.3. The van der Waals surface area contributed by atoms with Crippen molar-refractivity contribution in [3.05, 3.63) is 23.8 Å². The second kappa shape index (κ2) is 5.16. The highest BCUT2D eigenvalue weighted by Gasteiger charge is 2.31. The van der Waals surface area contributed by atoms with Gasteiger partial charge in [-0.3, -0.25) is 0 Å². The van der Waals surface area contributed by atoms with Crippen LogP contribution in [-0.4, -0.2) is 27.5 Å². The molecule has 0 radical (unpaired) electrons. The van der Waals surface area contributed by atoms with E-state index in [4.69, 9.17) is 0 Å². The molecular formula is C14H21NO3. The summed E-state index contributed by atoms with van der Waals surface area (Å²) in [6, 6.07) is 4.51. The Labute approximate surface area is 107 Å². The zero-order valence-corrected chi connectivity index (χ0v) is 10.7. The van der Waals surface area contributed by atoms with Crippen molar-refractivity contribution >= 4 is 0 Å². The van der Waals surface area contributed by atoms with Crippen molar-refractivity contribution in [3.63, 3.8) is 0 Å². The molecule has 1 fully saturated rings. The molecule has 0 saturated heterocycles. The summed E-state index contributed by atoms with van der Waals surface area (Å²) in [6.07, 6.45) is 3.77. The molecule has 1 atom stereocenters. The van der Waals surface area contributed by atoms with Gasteiger partial charge in [-0.1, -0.05) is 18.9 Å². The lowest BCUT2D eigenvalue weighted by Crippen LogP contribution is -2.39. The molecule has 1 unspecified atom stereocenters. The number of aromatic hydroxyl groups is 2. The van der Waals surface area contributed by atoms with Crippen LogP contribution in [-0.2, 0) is 0 Å². The van der Waals surface area contributed by atoms with Gasteiger partial charge in [-0.25, -0.2) is 0 Å². The Hall–Kier alpha value is -1.26. The smallest absolute Gasteiger partial charge is 0.124 e. The summed E-state index contributed by atoms with van der Waals surface area (Å²) in [4.78, 5) is 0. The molecule has 1 saturated carbocycles. The van der Waals surface area contributed by atoms with Gasteiger partial charge in [-0.15, -0.1) is 0 Å². The zero-order valence-electron chi connectivity index (χ0n) is 10.7. The number of hydrogen-bond donors (Lipinski definition) is 4. The van der Waals surface area contributed by atoms with E-state index in [-0.39, 0.29) is 17.5 Å². The fourth-order valence-corrected chi connectivity index (χ4v) is 2.64. The molecule has 4 heteroatoms. The highest BCUT2D eigenvalue weighted by molar-refractivity contribution is 5.44. The number of phenols is 2. The van der Waals surface area contributed by atoms with Gasteiger partial charge in [0.2, 0.25) is 0 Å². The predicted molar refractivity (Wildman–Crippen MR) is 69.6 cm³/mol. The molecular weight excluding hydrogens is 230 g/mol. The van der Waals surface area contributed by atoms with Crippen LogP contribution in [0.2, 0.25) is 0 Å². The normalized spacial score (nSPS) is 19.9. The molecule has 4 nitrogen and oxygen atoms in total. The number of benzene rings is 1. The molecule has 18 heavy (non-hydrogen) atoms. The number of phenolic OH excluding ortho intramolecular Hbond substituents is 2. The third-order valence-electron chi connectivity index (χ3n) is 3.76. The first-order valence-corrected chi connectivity index (χ1v) is 6.48. The maximum absolute atomic E-state index is 10.2. The van der Waals surface area contributed by atoms with E-state index in [0.717, 1.165) is 25.7 Å². The van der Waals surface area contributed by atoms with Gasteiger partial charge in [0.25, 0.3) is 0 Å². The summed E-state index contributed by atoms with van der Waals surface area (Å²) in [6.45, 7) is 2.36.